The molecule has 5 heteroatoms. The highest BCUT2D eigenvalue weighted by molar-refractivity contribution is 5.59. The van der Waals surface area contributed by atoms with Crippen LogP contribution in [-0.2, 0) is 35.3 Å². The first kappa shape index (κ1) is 21.8. The van der Waals surface area contributed by atoms with Gasteiger partial charge < -0.3 is 14.4 Å². The van der Waals surface area contributed by atoms with E-state index >= 15 is 0 Å². The number of benzene rings is 1. The van der Waals surface area contributed by atoms with Crippen LogP contribution in [0.4, 0.5) is 5.82 Å². The SMILES string of the molecule is CC1CN(c2nc(CCCc3ccccc3)c(C#N)c3c2COC(C)(C)C3)CC(C)O1. The Labute approximate surface area is 186 Å². The predicted molar refractivity (Wildman–Crippen MR) is 122 cm³/mol. The molecule has 0 N–H and O–H groups in total. The third-order valence-electron chi connectivity index (χ3n) is 6.23. The van der Waals surface area contributed by atoms with Gasteiger partial charge in [0, 0.05) is 25.1 Å². The van der Waals surface area contributed by atoms with Gasteiger partial charge in [0.05, 0.1) is 35.7 Å². The second kappa shape index (κ2) is 8.98. The van der Waals surface area contributed by atoms with Crippen molar-refractivity contribution in [3.63, 3.8) is 0 Å². The summed E-state index contributed by atoms with van der Waals surface area (Å²) in [7, 11) is 0. The lowest BCUT2D eigenvalue weighted by Gasteiger charge is -2.40. The molecule has 3 heterocycles. The van der Waals surface area contributed by atoms with Crippen molar-refractivity contribution in [2.24, 2.45) is 0 Å². The first-order valence-electron chi connectivity index (χ1n) is 11.4. The summed E-state index contributed by atoms with van der Waals surface area (Å²) in [6.45, 7) is 10.5. The molecule has 31 heavy (non-hydrogen) atoms. The minimum absolute atomic E-state index is 0.152. The molecule has 1 saturated heterocycles. The van der Waals surface area contributed by atoms with Gasteiger partial charge in [-0.05, 0) is 58.1 Å². The predicted octanol–water partition coefficient (Wildman–Crippen LogP) is 4.59. The molecule has 0 spiro atoms. The topological polar surface area (TPSA) is 58.4 Å². The van der Waals surface area contributed by atoms with E-state index in [0.717, 1.165) is 67.0 Å². The lowest BCUT2D eigenvalue weighted by atomic mass is 9.87. The summed E-state index contributed by atoms with van der Waals surface area (Å²) in [5.74, 6) is 0.987. The molecule has 1 fully saturated rings. The number of nitriles is 1. The Hall–Kier alpha value is -2.42. The highest BCUT2D eigenvalue weighted by Crippen LogP contribution is 2.37. The molecule has 2 atom stereocenters. The number of fused-ring (bicyclic) bond motifs is 1. The maximum Gasteiger partial charge on any atom is 0.134 e. The van der Waals surface area contributed by atoms with Gasteiger partial charge in [-0.25, -0.2) is 4.98 Å². The van der Waals surface area contributed by atoms with E-state index in [1.165, 1.54) is 5.56 Å². The first-order valence-corrected chi connectivity index (χ1v) is 11.4. The van der Waals surface area contributed by atoms with Crippen molar-refractivity contribution < 1.29 is 9.47 Å². The fourth-order valence-electron chi connectivity index (χ4n) is 4.83. The average Bonchev–Trinajstić information content (AvgIpc) is 2.72. The number of rotatable bonds is 5. The molecule has 2 aliphatic rings. The van der Waals surface area contributed by atoms with Crippen molar-refractivity contribution >= 4 is 5.82 Å². The van der Waals surface area contributed by atoms with Crippen molar-refractivity contribution in [2.75, 3.05) is 18.0 Å². The first-order chi connectivity index (χ1) is 14.9. The van der Waals surface area contributed by atoms with Crippen LogP contribution < -0.4 is 4.90 Å². The Morgan fingerprint density at radius 3 is 2.48 bits per heavy atom. The third-order valence-corrected chi connectivity index (χ3v) is 6.23. The zero-order chi connectivity index (χ0) is 22.0. The van der Waals surface area contributed by atoms with E-state index in [-0.39, 0.29) is 17.8 Å². The summed E-state index contributed by atoms with van der Waals surface area (Å²) in [6, 6.07) is 13.0. The Morgan fingerprint density at radius 1 is 1.10 bits per heavy atom. The van der Waals surface area contributed by atoms with E-state index in [0.29, 0.717) is 6.61 Å². The Balaban J connectivity index is 1.69. The highest BCUT2D eigenvalue weighted by atomic mass is 16.5. The molecular formula is C26H33N3O2. The van der Waals surface area contributed by atoms with E-state index in [1.54, 1.807) is 0 Å². The molecule has 2 aromatic rings. The van der Waals surface area contributed by atoms with Crippen LogP contribution >= 0.6 is 0 Å². The molecule has 2 aliphatic heterocycles. The largest absolute Gasteiger partial charge is 0.372 e. The summed E-state index contributed by atoms with van der Waals surface area (Å²) in [4.78, 5) is 7.43. The molecule has 4 rings (SSSR count). The van der Waals surface area contributed by atoms with Gasteiger partial charge in [0.15, 0.2) is 0 Å². The molecule has 1 aromatic heterocycles. The number of ether oxygens (including phenoxy) is 2. The number of nitrogens with zero attached hydrogens (tertiary/aromatic N) is 3. The second-order valence-electron chi connectivity index (χ2n) is 9.55. The highest BCUT2D eigenvalue weighted by Gasteiger charge is 2.34. The van der Waals surface area contributed by atoms with Gasteiger partial charge in [0.1, 0.15) is 11.9 Å². The number of hydrogen-bond donors (Lipinski definition) is 0. The van der Waals surface area contributed by atoms with E-state index in [1.807, 2.05) is 6.07 Å². The van der Waals surface area contributed by atoms with Gasteiger partial charge >= 0.3 is 0 Å². The Morgan fingerprint density at radius 2 is 1.81 bits per heavy atom. The molecule has 0 radical (unpaired) electrons. The average molecular weight is 420 g/mol. The summed E-state index contributed by atoms with van der Waals surface area (Å²) in [5.41, 5.74) is 4.96. The maximum atomic E-state index is 10.1. The van der Waals surface area contributed by atoms with Crippen LogP contribution in [0.15, 0.2) is 30.3 Å². The Bertz CT molecular complexity index is 955. The number of pyridine rings is 1. The van der Waals surface area contributed by atoms with Gasteiger partial charge in [-0.2, -0.15) is 5.26 Å². The minimum Gasteiger partial charge on any atom is -0.372 e. The number of morpholine rings is 1. The van der Waals surface area contributed by atoms with Gasteiger partial charge in [0.25, 0.3) is 0 Å². The zero-order valence-electron chi connectivity index (χ0n) is 19.1. The van der Waals surface area contributed by atoms with Crippen molar-refractivity contribution in [3.8, 4) is 6.07 Å². The quantitative estimate of drug-likeness (QED) is 0.709. The zero-order valence-corrected chi connectivity index (χ0v) is 19.1. The van der Waals surface area contributed by atoms with Crippen LogP contribution in [0.25, 0.3) is 0 Å². The van der Waals surface area contributed by atoms with Crippen LogP contribution in [0.2, 0.25) is 0 Å². The normalized spacial score (nSPS) is 22.6. The molecule has 0 saturated carbocycles. The van der Waals surface area contributed by atoms with Gasteiger partial charge in [0.2, 0.25) is 0 Å². The summed E-state index contributed by atoms with van der Waals surface area (Å²) >= 11 is 0. The molecule has 0 aliphatic carbocycles. The second-order valence-corrected chi connectivity index (χ2v) is 9.55. The molecule has 164 valence electrons. The standard InChI is InChI=1S/C26H33N3O2/c1-18-15-29(16-19(2)31-18)25-23-17-30-26(3,4)13-21(23)22(14-27)24(28-25)12-8-11-20-9-6-5-7-10-20/h5-7,9-10,18-19H,8,11-13,15-17H2,1-4H3. The van der Waals surface area contributed by atoms with E-state index in [2.05, 4.69) is 62.9 Å². The molecule has 1 aromatic carbocycles. The van der Waals surface area contributed by atoms with Crippen molar-refractivity contribution in [1.82, 2.24) is 4.98 Å². The van der Waals surface area contributed by atoms with Crippen molar-refractivity contribution in [3.05, 3.63) is 58.3 Å². The fraction of sp³-hybridized carbons (Fsp3) is 0.538. The number of anilines is 1. The molecule has 2 unspecified atom stereocenters. The number of aromatic nitrogens is 1. The third kappa shape index (κ3) is 4.92. The van der Waals surface area contributed by atoms with Gasteiger partial charge in [-0.15, -0.1) is 0 Å². The van der Waals surface area contributed by atoms with Crippen LogP contribution in [0.1, 0.15) is 62.1 Å². The number of hydrogen-bond acceptors (Lipinski definition) is 5. The molecule has 0 bridgehead atoms. The van der Waals surface area contributed by atoms with Gasteiger partial charge in [-0.1, -0.05) is 30.3 Å². The van der Waals surface area contributed by atoms with Crippen molar-refractivity contribution in [1.29, 1.82) is 5.26 Å². The van der Waals surface area contributed by atoms with Crippen LogP contribution in [-0.4, -0.2) is 35.9 Å². The summed E-state index contributed by atoms with van der Waals surface area (Å²) in [5, 5.41) is 10.1. The van der Waals surface area contributed by atoms with Crippen LogP contribution in [0.3, 0.4) is 0 Å². The lowest BCUT2D eigenvalue weighted by molar-refractivity contribution is -0.0406. The lowest BCUT2D eigenvalue weighted by Crippen LogP contribution is -2.47. The fourth-order valence-corrected chi connectivity index (χ4v) is 4.83. The molecular weight excluding hydrogens is 386 g/mol. The van der Waals surface area contributed by atoms with Crippen LogP contribution in [0, 0.1) is 11.3 Å². The number of aryl methyl sites for hydroxylation is 2. The van der Waals surface area contributed by atoms with E-state index in [4.69, 9.17) is 14.5 Å². The molecule has 0 amide bonds. The van der Waals surface area contributed by atoms with Crippen molar-refractivity contribution in [2.45, 2.75) is 77.8 Å². The van der Waals surface area contributed by atoms with Gasteiger partial charge in [-0.3, -0.25) is 0 Å². The smallest absolute Gasteiger partial charge is 0.134 e. The maximum absolute atomic E-state index is 10.1. The van der Waals surface area contributed by atoms with E-state index in [9.17, 15) is 5.26 Å². The summed E-state index contributed by atoms with van der Waals surface area (Å²) in [6.07, 6.45) is 3.80. The van der Waals surface area contributed by atoms with Crippen LogP contribution in [0.5, 0.6) is 0 Å². The molecule has 5 nitrogen and oxygen atoms in total. The minimum atomic E-state index is -0.274. The monoisotopic (exact) mass is 419 g/mol. The van der Waals surface area contributed by atoms with E-state index < -0.39 is 0 Å². The Kier molecular flexibility index (Phi) is 6.31. The summed E-state index contributed by atoms with van der Waals surface area (Å²) < 4.78 is 12.1.